The molecular formula is C13H17NO2. The number of methoxy groups -OCH3 is 1. The van der Waals surface area contributed by atoms with E-state index in [1.807, 2.05) is 38.3 Å². The summed E-state index contributed by atoms with van der Waals surface area (Å²) in [6.07, 6.45) is 3.90. The second-order valence-corrected chi connectivity index (χ2v) is 3.54. The second kappa shape index (κ2) is 6.08. The van der Waals surface area contributed by atoms with Crippen molar-refractivity contribution in [2.45, 2.75) is 6.92 Å². The summed E-state index contributed by atoms with van der Waals surface area (Å²) in [6.45, 7) is 2.77. The van der Waals surface area contributed by atoms with Crippen molar-refractivity contribution in [1.29, 1.82) is 0 Å². The van der Waals surface area contributed by atoms with Gasteiger partial charge < -0.3 is 10.1 Å². The van der Waals surface area contributed by atoms with Crippen LogP contribution in [0.1, 0.15) is 21.5 Å². The Morgan fingerprint density at radius 3 is 2.88 bits per heavy atom. The lowest BCUT2D eigenvalue weighted by atomic mass is 10.0. The molecule has 1 aromatic rings. The van der Waals surface area contributed by atoms with Gasteiger partial charge in [0, 0.05) is 6.54 Å². The van der Waals surface area contributed by atoms with Gasteiger partial charge in [-0.3, -0.25) is 0 Å². The van der Waals surface area contributed by atoms with Crippen LogP contribution in [0.2, 0.25) is 0 Å². The van der Waals surface area contributed by atoms with Crippen molar-refractivity contribution in [2.24, 2.45) is 0 Å². The standard InChI is InChI=1S/C13H17NO2/c1-10-6-7-12(13(15)16-3)11(9-10)5-4-8-14-2/h4-7,9,14H,8H2,1-3H3. The number of carbonyl (C=O) groups is 1. The fraction of sp³-hybridized carbons (Fsp3) is 0.308. The van der Waals surface area contributed by atoms with Crippen LogP contribution in [0.25, 0.3) is 6.08 Å². The van der Waals surface area contributed by atoms with Crippen LogP contribution in [0.15, 0.2) is 24.3 Å². The zero-order valence-corrected chi connectivity index (χ0v) is 9.91. The molecule has 3 heteroatoms. The highest BCUT2D eigenvalue weighted by Crippen LogP contribution is 2.14. The molecule has 3 nitrogen and oxygen atoms in total. The summed E-state index contributed by atoms with van der Waals surface area (Å²) in [5.41, 5.74) is 2.61. The Morgan fingerprint density at radius 1 is 1.50 bits per heavy atom. The van der Waals surface area contributed by atoms with Crippen molar-refractivity contribution in [1.82, 2.24) is 5.32 Å². The van der Waals surface area contributed by atoms with Crippen LogP contribution < -0.4 is 5.32 Å². The molecule has 1 N–H and O–H groups in total. The highest BCUT2D eigenvalue weighted by molar-refractivity contribution is 5.93. The number of ether oxygens (including phenoxy) is 1. The molecule has 1 rings (SSSR count). The van der Waals surface area contributed by atoms with E-state index in [1.165, 1.54) is 7.11 Å². The van der Waals surface area contributed by atoms with Crippen LogP contribution in [-0.4, -0.2) is 26.7 Å². The van der Waals surface area contributed by atoms with Crippen molar-refractivity contribution in [3.05, 3.63) is 41.0 Å². The Labute approximate surface area is 96.1 Å². The van der Waals surface area contributed by atoms with E-state index in [-0.39, 0.29) is 5.97 Å². The molecule has 0 amide bonds. The molecule has 0 spiro atoms. The molecule has 86 valence electrons. The monoisotopic (exact) mass is 219 g/mol. The van der Waals surface area contributed by atoms with Crippen molar-refractivity contribution in [3.63, 3.8) is 0 Å². The van der Waals surface area contributed by atoms with Gasteiger partial charge in [0.05, 0.1) is 12.7 Å². The first-order valence-corrected chi connectivity index (χ1v) is 5.19. The molecule has 1 aromatic carbocycles. The zero-order valence-electron chi connectivity index (χ0n) is 9.91. The number of carbonyl (C=O) groups excluding carboxylic acids is 1. The number of aryl methyl sites for hydroxylation is 1. The van der Waals surface area contributed by atoms with Gasteiger partial charge in [-0.25, -0.2) is 4.79 Å². The highest BCUT2D eigenvalue weighted by Gasteiger charge is 2.09. The number of nitrogens with one attached hydrogen (secondary N) is 1. The van der Waals surface area contributed by atoms with Gasteiger partial charge in [-0.05, 0) is 25.6 Å². The van der Waals surface area contributed by atoms with Crippen LogP contribution in [0.3, 0.4) is 0 Å². The first-order chi connectivity index (χ1) is 7.69. The van der Waals surface area contributed by atoms with Gasteiger partial charge in [-0.2, -0.15) is 0 Å². The average Bonchev–Trinajstić information content (AvgIpc) is 2.29. The number of rotatable bonds is 4. The normalized spacial score (nSPS) is 10.7. The summed E-state index contributed by atoms with van der Waals surface area (Å²) in [5, 5.41) is 3.01. The SMILES string of the molecule is CNCC=Cc1cc(C)ccc1C(=O)OC. The zero-order chi connectivity index (χ0) is 12.0. The molecule has 0 unspecified atom stereocenters. The lowest BCUT2D eigenvalue weighted by Crippen LogP contribution is -2.05. The van der Waals surface area contributed by atoms with Crippen molar-refractivity contribution < 1.29 is 9.53 Å². The summed E-state index contributed by atoms with van der Waals surface area (Å²) in [7, 11) is 3.27. The summed E-state index contributed by atoms with van der Waals surface area (Å²) in [4.78, 5) is 11.5. The molecule has 0 atom stereocenters. The Kier molecular flexibility index (Phi) is 4.73. The Bertz CT molecular complexity index is 397. The smallest absolute Gasteiger partial charge is 0.338 e. The quantitative estimate of drug-likeness (QED) is 0.787. The number of likely N-dealkylation sites (N-methyl/N-ethyl adjacent to an activating group) is 1. The van der Waals surface area contributed by atoms with Crippen LogP contribution in [0.4, 0.5) is 0 Å². The lowest BCUT2D eigenvalue weighted by Gasteiger charge is -2.05. The minimum atomic E-state index is -0.302. The average molecular weight is 219 g/mol. The molecule has 16 heavy (non-hydrogen) atoms. The van der Waals surface area contributed by atoms with E-state index in [9.17, 15) is 4.79 Å². The largest absolute Gasteiger partial charge is 0.465 e. The van der Waals surface area contributed by atoms with Gasteiger partial charge >= 0.3 is 5.97 Å². The van der Waals surface area contributed by atoms with Gasteiger partial charge in [0.1, 0.15) is 0 Å². The molecule has 0 fully saturated rings. The summed E-state index contributed by atoms with van der Waals surface area (Å²) >= 11 is 0. The molecule has 0 heterocycles. The molecule has 0 bridgehead atoms. The van der Waals surface area contributed by atoms with E-state index in [4.69, 9.17) is 4.74 Å². The van der Waals surface area contributed by atoms with E-state index >= 15 is 0 Å². The third kappa shape index (κ3) is 3.21. The van der Waals surface area contributed by atoms with Crippen LogP contribution in [-0.2, 0) is 4.74 Å². The third-order valence-corrected chi connectivity index (χ3v) is 2.23. The molecule has 0 radical (unpaired) electrons. The van der Waals surface area contributed by atoms with Gasteiger partial charge in [0.15, 0.2) is 0 Å². The molecule has 0 aliphatic carbocycles. The minimum Gasteiger partial charge on any atom is -0.465 e. The van der Waals surface area contributed by atoms with Crippen LogP contribution >= 0.6 is 0 Å². The van der Waals surface area contributed by atoms with Crippen LogP contribution in [0, 0.1) is 6.92 Å². The molecule has 0 aliphatic rings. The van der Waals surface area contributed by atoms with Gasteiger partial charge in [-0.1, -0.05) is 29.8 Å². The first kappa shape index (κ1) is 12.5. The number of benzene rings is 1. The van der Waals surface area contributed by atoms with E-state index < -0.39 is 0 Å². The Hall–Kier alpha value is -1.61. The maximum atomic E-state index is 11.5. The summed E-state index contributed by atoms with van der Waals surface area (Å²) < 4.78 is 4.73. The summed E-state index contributed by atoms with van der Waals surface area (Å²) in [5.74, 6) is -0.302. The summed E-state index contributed by atoms with van der Waals surface area (Å²) in [6, 6.07) is 5.67. The highest BCUT2D eigenvalue weighted by atomic mass is 16.5. The fourth-order valence-electron chi connectivity index (χ4n) is 1.42. The van der Waals surface area contributed by atoms with E-state index in [0.717, 1.165) is 17.7 Å². The number of hydrogen-bond acceptors (Lipinski definition) is 3. The molecule has 0 saturated heterocycles. The van der Waals surface area contributed by atoms with Crippen molar-refractivity contribution in [2.75, 3.05) is 20.7 Å². The maximum absolute atomic E-state index is 11.5. The molecule has 0 aliphatic heterocycles. The van der Waals surface area contributed by atoms with Crippen molar-refractivity contribution >= 4 is 12.0 Å². The van der Waals surface area contributed by atoms with Gasteiger partial charge in [-0.15, -0.1) is 0 Å². The fourth-order valence-corrected chi connectivity index (χ4v) is 1.42. The van der Waals surface area contributed by atoms with Crippen LogP contribution in [0.5, 0.6) is 0 Å². The van der Waals surface area contributed by atoms with Crippen molar-refractivity contribution in [3.8, 4) is 0 Å². The number of esters is 1. The molecule has 0 saturated carbocycles. The minimum absolute atomic E-state index is 0.302. The van der Waals surface area contributed by atoms with Gasteiger partial charge in [0.25, 0.3) is 0 Å². The van der Waals surface area contributed by atoms with Gasteiger partial charge in [0.2, 0.25) is 0 Å². The maximum Gasteiger partial charge on any atom is 0.338 e. The topological polar surface area (TPSA) is 38.3 Å². The predicted molar refractivity (Wildman–Crippen MR) is 65.5 cm³/mol. The first-order valence-electron chi connectivity index (χ1n) is 5.19. The third-order valence-electron chi connectivity index (χ3n) is 2.23. The lowest BCUT2D eigenvalue weighted by molar-refractivity contribution is 0.0600. The predicted octanol–water partition coefficient (Wildman–Crippen LogP) is 2.01. The number of hydrogen-bond donors (Lipinski definition) is 1. The van der Waals surface area contributed by atoms with E-state index in [0.29, 0.717) is 5.56 Å². The van der Waals surface area contributed by atoms with E-state index in [1.54, 1.807) is 6.07 Å². The van der Waals surface area contributed by atoms with E-state index in [2.05, 4.69) is 5.32 Å². The second-order valence-electron chi connectivity index (χ2n) is 3.54. The Balaban J connectivity index is 3.03. The molecular weight excluding hydrogens is 202 g/mol. The Morgan fingerprint density at radius 2 is 2.25 bits per heavy atom. The molecule has 0 aromatic heterocycles.